The second-order valence-corrected chi connectivity index (χ2v) is 3.78. The number of carbonyl (C=O) groups is 1. The van der Waals surface area contributed by atoms with Crippen molar-refractivity contribution in [1.29, 1.82) is 0 Å². The predicted molar refractivity (Wildman–Crippen MR) is 56.4 cm³/mol. The van der Waals surface area contributed by atoms with Gasteiger partial charge in [-0.3, -0.25) is 4.79 Å². The molecule has 0 radical (unpaired) electrons. The van der Waals surface area contributed by atoms with Gasteiger partial charge in [0, 0.05) is 6.04 Å². The number of ether oxygens (including phenoxy) is 1. The highest BCUT2D eigenvalue weighted by Gasteiger charge is 2.28. The van der Waals surface area contributed by atoms with E-state index in [0.717, 1.165) is 0 Å². The molecule has 0 fully saturated rings. The summed E-state index contributed by atoms with van der Waals surface area (Å²) in [6.07, 6.45) is 0.809. The molecule has 0 aromatic carbocycles. The number of carbonyl (C=O) groups excluding carboxylic acids is 1. The van der Waals surface area contributed by atoms with Gasteiger partial charge in [-0.2, -0.15) is 0 Å². The molecule has 5 heteroatoms. The van der Waals surface area contributed by atoms with Crippen LogP contribution in [0.25, 0.3) is 0 Å². The van der Waals surface area contributed by atoms with Gasteiger partial charge >= 0.3 is 5.97 Å². The van der Waals surface area contributed by atoms with Crippen LogP contribution in [-0.4, -0.2) is 48.1 Å². The third-order valence-electron chi connectivity index (χ3n) is 2.54. The largest absolute Gasteiger partial charge is 0.469 e. The Hall–Kier alpha value is -0.650. The lowest BCUT2D eigenvalue weighted by Gasteiger charge is -2.32. The molecule has 90 valence electrons. The van der Waals surface area contributed by atoms with Gasteiger partial charge in [0.05, 0.1) is 32.3 Å². The molecule has 0 aliphatic rings. The van der Waals surface area contributed by atoms with Crippen LogP contribution in [0.3, 0.4) is 0 Å². The van der Waals surface area contributed by atoms with Crippen molar-refractivity contribution in [2.24, 2.45) is 0 Å². The Balaban J connectivity index is 4.22. The summed E-state index contributed by atoms with van der Waals surface area (Å²) in [5, 5.41) is 21.4. The molecule has 0 heterocycles. The third kappa shape index (κ3) is 4.59. The molecule has 0 aromatic rings. The molecule has 0 rings (SSSR count). The van der Waals surface area contributed by atoms with Gasteiger partial charge in [0.2, 0.25) is 0 Å². The smallest absolute Gasteiger partial charge is 0.307 e. The summed E-state index contributed by atoms with van der Waals surface area (Å²) in [5.41, 5.74) is -0.715. The molecule has 0 aliphatic heterocycles. The van der Waals surface area contributed by atoms with Gasteiger partial charge < -0.3 is 20.3 Å². The Labute approximate surface area is 90.4 Å². The van der Waals surface area contributed by atoms with Crippen molar-refractivity contribution in [1.82, 2.24) is 5.32 Å². The molecule has 0 aliphatic carbocycles. The van der Waals surface area contributed by atoms with E-state index in [0.29, 0.717) is 6.42 Å². The van der Waals surface area contributed by atoms with E-state index in [-0.39, 0.29) is 31.6 Å². The summed E-state index contributed by atoms with van der Waals surface area (Å²) in [6, 6.07) is -0.142. The first-order valence-electron chi connectivity index (χ1n) is 5.09. The van der Waals surface area contributed by atoms with Gasteiger partial charge in [0.15, 0.2) is 0 Å². The average molecular weight is 219 g/mol. The first-order valence-corrected chi connectivity index (χ1v) is 5.09. The van der Waals surface area contributed by atoms with Crippen LogP contribution >= 0.6 is 0 Å². The summed E-state index contributed by atoms with van der Waals surface area (Å²) in [7, 11) is 1.33. The SMILES string of the molecule is CCC(CO)(CO)NC(C)CC(=O)OC. The van der Waals surface area contributed by atoms with E-state index in [4.69, 9.17) is 0 Å². The van der Waals surface area contributed by atoms with Crippen LogP contribution in [0.4, 0.5) is 0 Å². The lowest BCUT2D eigenvalue weighted by atomic mass is 9.96. The van der Waals surface area contributed by atoms with Crippen LogP contribution < -0.4 is 5.32 Å². The van der Waals surface area contributed by atoms with Gasteiger partial charge in [-0.25, -0.2) is 0 Å². The monoisotopic (exact) mass is 219 g/mol. The molecule has 5 nitrogen and oxygen atoms in total. The van der Waals surface area contributed by atoms with Crippen LogP contribution in [0.1, 0.15) is 26.7 Å². The summed E-state index contributed by atoms with van der Waals surface area (Å²) in [4.78, 5) is 11.0. The number of hydrogen-bond donors (Lipinski definition) is 3. The second kappa shape index (κ2) is 6.76. The minimum atomic E-state index is -0.715. The van der Waals surface area contributed by atoms with Gasteiger partial charge in [0.25, 0.3) is 0 Å². The molecule has 0 amide bonds. The quantitative estimate of drug-likeness (QED) is 0.511. The van der Waals surface area contributed by atoms with E-state index in [9.17, 15) is 15.0 Å². The van der Waals surface area contributed by atoms with E-state index < -0.39 is 5.54 Å². The van der Waals surface area contributed by atoms with E-state index >= 15 is 0 Å². The molecule has 1 unspecified atom stereocenters. The second-order valence-electron chi connectivity index (χ2n) is 3.78. The van der Waals surface area contributed by atoms with Crippen molar-refractivity contribution in [2.45, 2.75) is 38.3 Å². The summed E-state index contributed by atoms with van der Waals surface area (Å²) < 4.78 is 4.53. The first kappa shape index (κ1) is 14.3. The normalized spacial score (nSPS) is 13.7. The molecule has 0 aromatic heterocycles. The van der Waals surface area contributed by atoms with Crippen LogP contribution in [-0.2, 0) is 9.53 Å². The maximum atomic E-state index is 11.0. The Morgan fingerprint density at radius 1 is 1.47 bits per heavy atom. The molecule has 0 spiro atoms. The lowest BCUT2D eigenvalue weighted by Crippen LogP contribution is -2.55. The number of hydrogen-bond acceptors (Lipinski definition) is 5. The average Bonchev–Trinajstić information content (AvgIpc) is 2.26. The Kier molecular flexibility index (Phi) is 6.47. The van der Waals surface area contributed by atoms with Crippen molar-refractivity contribution < 1.29 is 19.7 Å². The minimum Gasteiger partial charge on any atom is -0.469 e. The number of methoxy groups -OCH3 is 1. The molecular weight excluding hydrogens is 198 g/mol. The number of aliphatic hydroxyl groups excluding tert-OH is 2. The lowest BCUT2D eigenvalue weighted by molar-refractivity contribution is -0.141. The molecule has 15 heavy (non-hydrogen) atoms. The zero-order valence-corrected chi connectivity index (χ0v) is 9.62. The molecule has 0 saturated carbocycles. The topological polar surface area (TPSA) is 78.8 Å². The first-order chi connectivity index (χ1) is 7.03. The Bertz CT molecular complexity index is 184. The van der Waals surface area contributed by atoms with Crippen molar-refractivity contribution in [3.05, 3.63) is 0 Å². The zero-order valence-electron chi connectivity index (χ0n) is 9.62. The van der Waals surface area contributed by atoms with Crippen molar-refractivity contribution >= 4 is 5.97 Å². The summed E-state index contributed by atoms with van der Waals surface area (Å²) in [5.74, 6) is -0.309. The standard InChI is InChI=1S/C10H21NO4/c1-4-10(6-12,7-13)11-8(2)5-9(14)15-3/h8,11-13H,4-7H2,1-3H3. The molecule has 0 bridgehead atoms. The van der Waals surface area contributed by atoms with Crippen LogP contribution in [0.5, 0.6) is 0 Å². The Morgan fingerprint density at radius 3 is 2.33 bits per heavy atom. The van der Waals surface area contributed by atoms with Crippen molar-refractivity contribution in [3.63, 3.8) is 0 Å². The molecule has 0 saturated heterocycles. The fraction of sp³-hybridized carbons (Fsp3) is 0.900. The maximum Gasteiger partial charge on any atom is 0.307 e. The van der Waals surface area contributed by atoms with Crippen LogP contribution in [0.15, 0.2) is 0 Å². The highest BCUT2D eigenvalue weighted by molar-refractivity contribution is 5.69. The van der Waals surface area contributed by atoms with Gasteiger partial charge in [0.1, 0.15) is 0 Å². The van der Waals surface area contributed by atoms with Crippen LogP contribution in [0.2, 0.25) is 0 Å². The minimum absolute atomic E-state index is 0.142. The maximum absolute atomic E-state index is 11.0. The molecule has 3 N–H and O–H groups in total. The van der Waals surface area contributed by atoms with E-state index in [1.807, 2.05) is 13.8 Å². The van der Waals surface area contributed by atoms with Gasteiger partial charge in [-0.1, -0.05) is 6.92 Å². The number of aliphatic hydroxyl groups is 2. The van der Waals surface area contributed by atoms with E-state index in [1.54, 1.807) is 0 Å². The van der Waals surface area contributed by atoms with Gasteiger partial charge in [-0.05, 0) is 13.3 Å². The number of rotatable bonds is 7. The predicted octanol–water partition coefficient (Wildman–Crippen LogP) is -0.339. The number of esters is 1. The third-order valence-corrected chi connectivity index (χ3v) is 2.54. The summed E-state index contributed by atoms with van der Waals surface area (Å²) >= 11 is 0. The molecular formula is C10H21NO4. The fourth-order valence-electron chi connectivity index (χ4n) is 1.37. The fourth-order valence-corrected chi connectivity index (χ4v) is 1.37. The Morgan fingerprint density at radius 2 is 2.00 bits per heavy atom. The number of nitrogens with one attached hydrogen (secondary N) is 1. The van der Waals surface area contributed by atoms with Crippen molar-refractivity contribution in [3.8, 4) is 0 Å². The highest BCUT2D eigenvalue weighted by atomic mass is 16.5. The van der Waals surface area contributed by atoms with Gasteiger partial charge in [-0.15, -0.1) is 0 Å². The van der Waals surface area contributed by atoms with Crippen molar-refractivity contribution in [2.75, 3.05) is 20.3 Å². The highest BCUT2D eigenvalue weighted by Crippen LogP contribution is 2.10. The summed E-state index contributed by atoms with van der Waals surface area (Å²) in [6.45, 7) is 3.36. The van der Waals surface area contributed by atoms with E-state index in [2.05, 4.69) is 10.1 Å². The zero-order chi connectivity index (χ0) is 11.9. The molecule has 1 atom stereocenters. The van der Waals surface area contributed by atoms with Crippen LogP contribution in [0, 0.1) is 0 Å². The van der Waals surface area contributed by atoms with E-state index in [1.165, 1.54) is 7.11 Å².